The summed E-state index contributed by atoms with van der Waals surface area (Å²) in [5.41, 5.74) is 0.557. The number of carbonyl (C=O) groups is 1. The Hall–Kier alpha value is -1.25. The fraction of sp³-hybridized carbons (Fsp3) is 0.500. The van der Waals surface area contributed by atoms with Gasteiger partial charge in [0, 0.05) is 6.42 Å². The van der Waals surface area contributed by atoms with Crippen molar-refractivity contribution in [3.63, 3.8) is 0 Å². The van der Waals surface area contributed by atoms with Crippen LogP contribution in [0.5, 0.6) is 0 Å². The molecule has 72 valence electrons. The Balaban J connectivity index is 2.91. The van der Waals surface area contributed by atoms with Gasteiger partial charge in [0.15, 0.2) is 0 Å². The number of hydrogen-bond acceptors (Lipinski definition) is 3. The van der Waals surface area contributed by atoms with E-state index in [1.807, 2.05) is 13.8 Å². The van der Waals surface area contributed by atoms with Gasteiger partial charge in [0.05, 0.1) is 6.61 Å². The summed E-state index contributed by atoms with van der Waals surface area (Å²) in [5.74, 6) is 1.16. The maximum Gasteiger partial charge on any atom is 0.341 e. The third-order valence-electron chi connectivity index (χ3n) is 1.75. The molecule has 0 saturated carbocycles. The van der Waals surface area contributed by atoms with Gasteiger partial charge in [0.25, 0.3) is 0 Å². The summed E-state index contributed by atoms with van der Waals surface area (Å²) in [5, 5.41) is 0. The van der Waals surface area contributed by atoms with Gasteiger partial charge in [0.1, 0.15) is 17.1 Å². The minimum atomic E-state index is -0.295. The number of rotatable bonds is 3. The Kier molecular flexibility index (Phi) is 3.12. The SMILES string of the molecule is CCOC(=O)c1cc(C)oc1CC. The van der Waals surface area contributed by atoms with Gasteiger partial charge in [-0.2, -0.15) is 0 Å². The maximum absolute atomic E-state index is 11.4. The average Bonchev–Trinajstić information content (AvgIpc) is 2.47. The number of hydrogen-bond donors (Lipinski definition) is 0. The van der Waals surface area contributed by atoms with Gasteiger partial charge in [-0.1, -0.05) is 6.92 Å². The second-order valence-electron chi connectivity index (χ2n) is 2.77. The second kappa shape index (κ2) is 4.12. The van der Waals surface area contributed by atoms with Crippen molar-refractivity contribution >= 4 is 5.97 Å². The Morgan fingerprint density at radius 3 is 2.77 bits per heavy atom. The smallest absolute Gasteiger partial charge is 0.341 e. The highest BCUT2D eigenvalue weighted by molar-refractivity contribution is 5.90. The predicted molar refractivity (Wildman–Crippen MR) is 48.8 cm³/mol. The molecule has 0 saturated heterocycles. The molecule has 1 rings (SSSR count). The summed E-state index contributed by atoms with van der Waals surface area (Å²) in [6.45, 7) is 5.95. The van der Waals surface area contributed by atoms with Crippen molar-refractivity contribution in [2.45, 2.75) is 27.2 Å². The number of furan rings is 1. The lowest BCUT2D eigenvalue weighted by Crippen LogP contribution is -2.05. The molecule has 3 nitrogen and oxygen atoms in total. The standard InChI is InChI=1S/C10H14O3/c1-4-9-8(6-7(3)13-9)10(11)12-5-2/h6H,4-5H2,1-3H3. The van der Waals surface area contributed by atoms with Crippen molar-refractivity contribution < 1.29 is 13.9 Å². The van der Waals surface area contributed by atoms with E-state index < -0.39 is 0 Å². The van der Waals surface area contributed by atoms with Gasteiger partial charge < -0.3 is 9.15 Å². The molecule has 1 aromatic rings. The van der Waals surface area contributed by atoms with E-state index in [2.05, 4.69) is 0 Å². The summed E-state index contributed by atoms with van der Waals surface area (Å²) >= 11 is 0. The van der Waals surface area contributed by atoms with Crippen LogP contribution in [0.15, 0.2) is 10.5 Å². The van der Waals surface area contributed by atoms with Crippen molar-refractivity contribution in [3.8, 4) is 0 Å². The van der Waals surface area contributed by atoms with Crippen LogP contribution in [0.1, 0.15) is 35.7 Å². The lowest BCUT2D eigenvalue weighted by Gasteiger charge is -1.99. The van der Waals surface area contributed by atoms with E-state index in [1.54, 1.807) is 13.0 Å². The molecule has 0 amide bonds. The van der Waals surface area contributed by atoms with E-state index in [1.165, 1.54) is 0 Å². The fourth-order valence-electron chi connectivity index (χ4n) is 1.21. The van der Waals surface area contributed by atoms with E-state index in [9.17, 15) is 4.79 Å². The van der Waals surface area contributed by atoms with Crippen LogP contribution in [0.4, 0.5) is 0 Å². The lowest BCUT2D eigenvalue weighted by atomic mass is 10.2. The van der Waals surface area contributed by atoms with Crippen molar-refractivity contribution in [2.24, 2.45) is 0 Å². The van der Waals surface area contributed by atoms with Gasteiger partial charge in [-0.15, -0.1) is 0 Å². The van der Waals surface area contributed by atoms with Crippen LogP contribution in [0.3, 0.4) is 0 Å². The first-order valence-electron chi connectivity index (χ1n) is 4.45. The third kappa shape index (κ3) is 2.11. The molecule has 1 heterocycles. The van der Waals surface area contributed by atoms with E-state index in [0.29, 0.717) is 24.4 Å². The van der Waals surface area contributed by atoms with E-state index >= 15 is 0 Å². The van der Waals surface area contributed by atoms with Crippen LogP contribution >= 0.6 is 0 Å². The Bertz CT molecular complexity index is 299. The quantitative estimate of drug-likeness (QED) is 0.673. The zero-order chi connectivity index (χ0) is 9.84. The summed E-state index contributed by atoms with van der Waals surface area (Å²) < 4.78 is 10.2. The van der Waals surface area contributed by atoms with Crippen molar-refractivity contribution in [2.75, 3.05) is 6.61 Å². The molecule has 0 bridgehead atoms. The lowest BCUT2D eigenvalue weighted by molar-refractivity contribution is 0.0524. The van der Waals surface area contributed by atoms with Gasteiger partial charge >= 0.3 is 5.97 Å². The first kappa shape index (κ1) is 9.84. The molecule has 0 spiro atoms. The highest BCUT2D eigenvalue weighted by atomic mass is 16.5. The largest absolute Gasteiger partial charge is 0.465 e. The van der Waals surface area contributed by atoms with Crippen LogP contribution < -0.4 is 0 Å². The molecule has 0 aromatic carbocycles. The highest BCUT2D eigenvalue weighted by Crippen LogP contribution is 2.16. The molecule has 0 fully saturated rings. The molecule has 0 atom stereocenters. The van der Waals surface area contributed by atoms with Gasteiger partial charge in [-0.25, -0.2) is 4.79 Å². The number of carbonyl (C=O) groups excluding carboxylic acids is 1. The zero-order valence-electron chi connectivity index (χ0n) is 8.22. The van der Waals surface area contributed by atoms with Crippen LogP contribution in [0, 0.1) is 6.92 Å². The Morgan fingerprint density at radius 1 is 1.54 bits per heavy atom. The minimum absolute atomic E-state index is 0.295. The number of ether oxygens (including phenoxy) is 1. The van der Waals surface area contributed by atoms with Crippen LogP contribution in [0.25, 0.3) is 0 Å². The molecular weight excluding hydrogens is 168 g/mol. The zero-order valence-corrected chi connectivity index (χ0v) is 8.22. The Labute approximate surface area is 77.7 Å². The van der Waals surface area contributed by atoms with Crippen LogP contribution in [-0.2, 0) is 11.2 Å². The normalized spacial score (nSPS) is 10.1. The molecule has 0 aliphatic heterocycles. The van der Waals surface area contributed by atoms with Crippen molar-refractivity contribution in [3.05, 3.63) is 23.2 Å². The minimum Gasteiger partial charge on any atom is -0.465 e. The summed E-state index contributed by atoms with van der Waals surface area (Å²) in [4.78, 5) is 11.4. The van der Waals surface area contributed by atoms with Crippen LogP contribution in [-0.4, -0.2) is 12.6 Å². The summed E-state index contributed by atoms with van der Waals surface area (Å²) in [6, 6.07) is 1.72. The first-order chi connectivity index (χ1) is 6.19. The first-order valence-corrected chi connectivity index (χ1v) is 4.45. The summed E-state index contributed by atoms with van der Waals surface area (Å²) in [6.07, 6.45) is 0.710. The summed E-state index contributed by atoms with van der Waals surface area (Å²) in [7, 11) is 0. The number of aryl methyl sites for hydroxylation is 2. The Morgan fingerprint density at radius 2 is 2.23 bits per heavy atom. The second-order valence-corrected chi connectivity index (χ2v) is 2.77. The van der Waals surface area contributed by atoms with E-state index in [4.69, 9.17) is 9.15 Å². The van der Waals surface area contributed by atoms with E-state index in [-0.39, 0.29) is 5.97 Å². The topological polar surface area (TPSA) is 39.4 Å². The van der Waals surface area contributed by atoms with Crippen molar-refractivity contribution in [1.82, 2.24) is 0 Å². The van der Waals surface area contributed by atoms with Gasteiger partial charge in [-0.3, -0.25) is 0 Å². The monoisotopic (exact) mass is 182 g/mol. The molecule has 13 heavy (non-hydrogen) atoms. The molecule has 1 aromatic heterocycles. The van der Waals surface area contributed by atoms with Gasteiger partial charge in [0.2, 0.25) is 0 Å². The maximum atomic E-state index is 11.4. The molecule has 0 aliphatic carbocycles. The average molecular weight is 182 g/mol. The predicted octanol–water partition coefficient (Wildman–Crippen LogP) is 2.33. The van der Waals surface area contributed by atoms with Gasteiger partial charge in [-0.05, 0) is 19.9 Å². The fourth-order valence-corrected chi connectivity index (χ4v) is 1.21. The molecule has 0 N–H and O–H groups in total. The highest BCUT2D eigenvalue weighted by Gasteiger charge is 2.15. The molecule has 0 aliphatic rings. The molecule has 0 radical (unpaired) electrons. The molecule has 3 heteroatoms. The van der Waals surface area contributed by atoms with Crippen LogP contribution in [0.2, 0.25) is 0 Å². The molecular formula is C10H14O3. The van der Waals surface area contributed by atoms with Crippen molar-refractivity contribution in [1.29, 1.82) is 0 Å². The number of esters is 1. The third-order valence-corrected chi connectivity index (χ3v) is 1.75. The van der Waals surface area contributed by atoms with E-state index in [0.717, 1.165) is 5.76 Å². The molecule has 0 unspecified atom stereocenters.